The lowest BCUT2D eigenvalue weighted by molar-refractivity contribution is 0.453. The fourth-order valence-electron chi connectivity index (χ4n) is 2.26. The summed E-state index contributed by atoms with van der Waals surface area (Å²) in [5.41, 5.74) is 0. The SMILES string of the molecule is C=CS(=O)(=O)NCC1CCN(S(=O)(=O)c2ccc(F)c(F)c2)C1. The monoisotopic (exact) mass is 366 g/mol. The third-order valence-electron chi connectivity index (χ3n) is 3.57. The summed E-state index contributed by atoms with van der Waals surface area (Å²) >= 11 is 0. The average Bonchev–Trinajstić information content (AvgIpc) is 2.98. The highest BCUT2D eigenvalue weighted by Crippen LogP contribution is 2.25. The lowest BCUT2D eigenvalue weighted by Gasteiger charge is -2.17. The number of benzene rings is 1. The zero-order valence-electron chi connectivity index (χ0n) is 12.1. The first-order valence-corrected chi connectivity index (χ1v) is 9.71. The van der Waals surface area contributed by atoms with Crippen molar-refractivity contribution in [1.29, 1.82) is 0 Å². The molecule has 1 N–H and O–H groups in total. The van der Waals surface area contributed by atoms with Crippen molar-refractivity contribution in [3.63, 3.8) is 0 Å². The van der Waals surface area contributed by atoms with Crippen LogP contribution in [0.25, 0.3) is 0 Å². The minimum absolute atomic E-state index is 0.0815. The van der Waals surface area contributed by atoms with Crippen molar-refractivity contribution in [1.82, 2.24) is 9.03 Å². The molecule has 0 spiro atoms. The van der Waals surface area contributed by atoms with Gasteiger partial charge in [0, 0.05) is 25.0 Å². The minimum Gasteiger partial charge on any atom is -0.211 e. The molecule has 23 heavy (non-hydrogen) atoms. The Morgan fingerprint density at radius 3 is 2.57 bits per heavy atom. The quantitative estimate of drug-likeness (QED) is 0.815. The van der Waals surface area contributed by atoms with Gasteiger partial charge in [-0.1, -0.05) is 6.58 Å². The number of rotatable bonds is 6. The Morgan fingerprint density at radius 1 is 1.26 bits per heavy atom. The third-order valence-corrected chi connectivity index (χ3v) is 6.44. The molecule has 0 aliphatic carbocycles. The maximum atomic E-state index is 13.2. The molecule has 6 nitrogen and oxygen atoms in total. The Labute approximate surface area is 133 Å². The van der Waals surface area contributed by atoms with Gasteiger partial charge in [0.15, 0.2) is 11.6 Å². The van der Waals surface area contributed by atoms with Crippen molar-refractivity contribution in [3.05, 3.63) is 41.8 Å². The Morgan fingerprint density at radius 2 is 1.96 bits per heavy atom. The normalized spacial score (nSPS) is 19.8. The number of sulfonamides is 2. The molecule has 1 saturated heterocycles. The topological polar surface area (TPSA) is 83.6 Å². The fraction of sp³-hybridized carbons (Fsp3) is 0.385. The molecule has 1 aliphatic rings. The van der Waals surface area contributed by atoms with E-state index in [1.807, 2.05) is 0 Å². The molecule has 0 radical (unpaired) electrons. The van der Waals surface area contributed by atoms with Gasteiger partial charge in [0.1, 0.15) is 0 Å². The molecule has 1 aromatic rings. The van der Waals surface area contributed by atoms with Crippen LogP contribution in [0.15, 0.2) is 35.1 Å². The lowest BCUT2D eigenvalue weighted by atomic mass is 10.1. The molecule has 0 saturated carbocycles. The molecule has 1 aromatic carbocycles. The average molecular weight is 366 g/mol. The van der Waals surface area contributed by atoms with Crippen LogP contribution in [0.2, 0.25) is 0 Å². The Bertz CT molecular complexity index is 809. The minimum atomic E-state index is -3.94. The van der Waals surface area contributed by atoms with Crippen LogP contribution >= 0.6 is 0 Å². The highest BCUT2D eigenvalue weighted by Gasteiger charge is 2.33. The van der Waals surface area contributed by atoms with E-state index in [1.54, 1.807) is 0 Å². The van der Waals surface area contributed by atoms with Crippen LogP contribution in [0.3, 0.4) is 0 Å². The molecule has 1 atom stereocenters. The third kappa shape index (κ3) is 4.14. The highest BCUT2D eigenvalue weighted by atomic mass is 32.2. The first-order chi connectivity index (χ1) is 10.7. The molecular formula is C13H16F2N2O4S2. The summed E-state index contributed by atoms with van der Waals surface area (Å²) in [4.78, 5) is -0.330. The molecule has 1 heterocycles. The number of nitrogens with one attached hydrogen (secondary N) is 1. The van der Waals surface area contributed by atoms with Crippen LogP contribution in [-0.4, -0.2) is 40.8 Å². The van der Waals surface area contributed by atoms with Gasteiger partial charge < -0.3 is 0 Å². The molecule has 2 rings (SSSR count). The van der Waals surface area contributed by atoms with Gasteiger partial charge in [-0.15, -0.1) is 0 Å². The van der Waals surface area contributed by atoms with E-state index in [9.17, 15) is 25.6 Å². The first kappa shape index (κ1) is 18.0. The summed E-state index contributed by atoms with van der Waals surface area (Å²) < 4.78 is 76.9. The van der Waals surface area contributed by atoms with Crippen molar-refractivity contribution in [2.24, 2.45) is 5.92 Å². The molecule has 0 amide bonds. The largest absolute Gasteiger partial charge is 0.243 e. The van der Waals surface area contributed by atoms with E-state index in [4.69, 9.17) is 0 Å². The molecule has 128 valence electrons. The van der Waals surface area contributed by atoms with E-state index in [0.717, 1.165) is 21.8 Å². The molecule has 0 bridgehead atoms. The van der Waals surface area contributed by atoms with Gasteiger partial charge in [0.05, 0.1) is 4.90 Å². The van der Waals surface area contributed by atoms with Gasteiger partial charge in [-0.05, 0) is 30.5 Å². The second kappa shape index (κ2) is 6.63. The lowest BCUT2D eigenvalue weighted by Crippen LogP contribution is -2.32. The smallest absolute Gasteiger partial charge is 0.211 e. The van der Waals surface area contributed by atoms with Crippen LogP contribution in [-0.2, 0) is 20.0 Å². The van der Waals surface area contributed by atoms with Crippen LogP contribution in [0.1, 0.15) is 6.42 Å². The summed E-state index contributed by atoms with van der Waals surface area (Å²) in [6.45, 7) is 3.53. The summed E-state index contributed by atoms with van der Waals surface area (Å²) in [6.07, 6.45) is 0.461. The van der Waals surface area contributed by atoms with Crippen molar-refractivity contribution in [2.75, 3.05) is 19.6 Å². The maximum Gasteiger partial charge on any atom is 0.243 e. The summed E-state index contributed by atoms with van der Waals surface area (Å²) in [5.74, 6) is -2.56. The van der Waals surface area contributed by atoms with Crippen LogP contribution in [0.4, 0.5) is 8.78 Å². The van der Waals surface area contributed by atoms with Crippen LogP contribution < -0.4 is 4.72 Å². The van der Waals surface area contributed by atoms with Gasteiger partial charge in [-0.25, -0.2) is 30.3 Å². The van der Waals surface area contributed by atoms with Crippen molar-refractivity contribution < 1.29 is 25.6 Å². The van der Waals surface area contributed by atoms with E-state index in [1.165, 1.54) is 0 Å². The Kier molecular flexibility index (Phi) is 5.19. The van der Waals surface area contributed by atoms with Crippen molar-refractivity contribution in [3.8, 4) is 0 Å². The van der Waals surface area contributed by atoms with E-state index < -0.39 is 31.7 Å². The van der Waals surface area contributed by atoms with Gasteiger partial charge in [-0.3, -0.25) is 0 Å². The number of hydrogen-bond donors (Lipinski definition) is 1. The van der Waals surface area contributed by atoms with Gasteiger partial charge in [-0.2, -0.15) is 4.31 Å². The standard InChI is InChI=1S/C13H16F2N2O4S2/c1-2-22(18,19)16-8-10-5-6-17(9-10)23(20,21)11-3-4-12(14)13(15)7-11/h2-4,7,10,16H,1,5-6,8-9H2. The van der Waals surface area contributed by atoms with Crippen molar-refractivity contribution >= 4 is 20.0 Å². The Hall–Kier alpha value is -1.36. The zero-order chi connectivity index (χ0) is 17.3. The van der Waals surface area contributed by atoms with Crippen LogP contribution in [0.5, 0.6) is 0 Å². The number of nitrogens with zero attached hydrogens (tertiary/aromatic N) is 1. The fourth-order valence-corrected chi connectivity index (χ4v) is 4.39. The molecule has 1 unspecified atom stereocenters. The van der Waals surface area contributed by atoms with E-state index in [-0.39, 0.29) is 30.4 Å². The van der Waals surface area contributed by atoms with Crippen molar-refractivity contribution in [2.45, 2.75) is 11.3 Å². The molecule has 1 fully saturated rings. The zero-order valence-corrected chi connectivity index (χ0v) is 13.7. The summed E-state index contributed by atoms with van der Waals surface area (Å²) in [5, 5.41) is 0.776. The predicted molar refractivity (Wildman–Crippen MR) is 80.3 cm³/mol. The van der Waals surface area contributed by atoms with Gasteiger partial charge in [0.25, 0.3) is 0 Å². The van der Waals surface area contributed by atoms with Gasteiger partial charge in [0.2, 0.25) is 20.0 Å². The maximum absolute atomic E-state index is 13.2. The first-order valence-electron chi connectivity index (χ1n) is 6.73. The highest BCUT2D eigenvalue weighted by molar-refractivity contribution is 7.92. The van der Waals surface area contributed by atoms with E-state index in [0.29, 0.717) is 12.5 Å². The van der Waals surface area contributed by atoms with E-state index in [2.05, 4.69) is 11.3 Å². The Balaban J connectivity index is 2.08. The van der Waals surface area contributed by atoms with E-state index >= 15 is 0 Å². The number of halogens is 2. The van der Waals surface area contributed by atoms with Gasteiger partial charge >= 0.3 is 0 Å². The molecule has 10 heteroatoms. The molecule has 1 aliphatic heterocycles. The predicted octanol–water partition coefficient (Wildman–Crippen LogP) is 1.04. The summed E-state index contributed by atoms with van der Waals surface area (Å²) in [6, 6.07) is 2.40. The second-order valence-electron chi connectivity index (χ2n) is 5.15. The molecule has 0 aromatic heterocycles. The van der Waals surface area contributed by atoms with Crippen LogP contribution in [0, 0.1) is 17.6 Å². The molecular weight excluding hydrogens is 350 g/mol. The summed E-state index contributed by atoms with van der Waals surface area (Å²) in [7, 11) is -7.51. The second-order valence-corrected chi connectivity index (χ2v) is 8.80. The number of hydrogen-bond acceptors (Lipinski definition) is 4.